The highest BCUT2D eigenvalue weighted by atomic mass is 16.5. The van der Waals surface area contributed by atoms with Crippen LogP contribution in [0, 0.1) is 18.3 Å². The summed E-state index contributed by atoms with van der Waals surface area (Å²) in [5, 5.41) is 15.5. The highest BCUT2D eigenvalue weighted by Gasteiger charge is 2.23. The van der Waals surface area contributed by atoms with Crippen LogP contribution < -0.4 is 10.6 Å². The fraction of sp³-hybridized carbons (Fsp3) is 0.348. The van der Waals surface area contributed by atoms with Gasteiger partial charge in [0.25, 0.3) is 5.91 Å². The van der Waals surface area contributed by atoms with Crippen LogP contribution in [-0.2, 0) is 16.0 Å². The van der Waals surface area contributed by atoms with E-state index in [1.54, 1.807) is 0 Å². The fourth-order valence-corrected chi connectivity index (χ4v) is 3.57. The van der Waals surface area contributed by atoms with Gasteiger partial charge < -0.3 is 19.8 Å². The normalized spacial score (nSPS) is 17.8. The zero-order valence-corrected chi connectivity index (χ0v) is 16.9. The first-order valence-electron chi connectivity index (χ1n) is 10.1. The molecule has 1 saturated heterocycles. The quantitative estimate of drug-likeness (QED) is 0.678. The average molecular weight is 404 g/mol. The van der Waals surface area contributed by atoms with Gasteiger partial charge in [-0.1, -0.05) is 30.3 Å². The first-order valence-corrected chi connectivity index (χ1v) is 10.1. The summed E-state index contributed by atoms with van der Waals surface area (Å²) in [5.74, 6) is 0.399. The molecule has 154 valence electrons. The molecule has 4 rings (SSSR count). The van der Waals surface area contributed by atoms with Crippen LogP contribution in [-0.4, -0.2) is 42.7 Å². The summed E-state index contributed by atoms with van der Waals surface area (Å²) in [5.41, 5.74) is 4.68. The van der Waals surface area contributed by atoms with Gasteiger partial charge in [0.15, 0.2) is 11.5 Å². The SMILES string of the molecule is Cc1nc2cc(-c3ccc(C[C@@H](C#N)NC(=O)[C@@H]4CNCCCO4)cc3)ccc2o1. The van der Waals surface area contributed by atoms with Gasteiger partial charge in [-0.15, -0.1) is 0 Å². The summed E-state index contributed by atoms with van der Waals surface area (Å²) in [6.45, 7) is 3.68. The number of carbonyl (C=O) groups excluding carboxylic acids is 1. The number of benzene rings is 2. The van der Waals surface area contributed by atoms with Gasteiger partial charge in [-0.25, -0.2) is 4.98 Å². The molecule has 1 aromatic heterocycles. The Balaban J connectivity index is 1.41. The topological polar surface area (TPSA) is 100 Å². The predicted molar refractivity (Wildman–Crippen MR) is 113 cm³/mol. The van der Waals surface area contributed by atoms with Gasteiger partial charge in [0.05, 0.1) is 6.07 Å². The standard InChI is InChI=1S/C23H24N4O3/c1-15-26-20-12-18(7-8-21(20)30-15)17-5-3-16(4-6-17)11-19(13-24)27-23(28)22-14-25-9-2-10-29-22/h3-8,12,19,22,25H,2,9-11,14H2,1H3,(H,27,28)/t19-,22-/m0/s1. The number of nitrogens with one attached hydrogen (secondary N) is 2. The van der Waals surface area contributed by atoms with Crippen molar-refractivity contribution < 1.29 is 13.9 Å². The number of fused-ring (bicyclic) bond motifs is 1. The Hall–Kier alpha value is -3.21. The van der Waals surface area contributed by atoms with Crippen molar-refractivity contribution in [2.24, 2.45) is 0 Å². The van der Waals surface area contributed by atoms with E-state index in [4.69, 9.17) is 9.15 Å². The van der Waals surface area contributed by atoms with Gasteiger partial charge in [-0.05, 0) is 41.8 Å². The molecule has 7 nitrogen and oxygen atoms in total. The molecule has 1 aliphatic heterocycles. The number of amides is 1. The van der Waals surface area contributed by atoms with Crippen molar-refractivity contribution in [3.05, 3.63) is 53.9 Å². The second kappa shape index (κ2) is 9.08. The molecule has 1 aliphatic rings. The first kappa shape index (κ1) is 20.1. The summed E-state index contributed by atoms with van der Waals surface area (Å²) < 4.78 is 11.1. The number of carbonyl (C=O) groups is 1. The highest BCUT2D eigenvalue weighted by molar-refractivity contribution is 5.82. The lowest BCUT2D eigenvalue weighted by Crippen LogP contribution is -2.46. The Labute approximate surface area is 175 Å². The summed E-state index contributed by atoms with van der Waals surface area (Å²) >= 11 is 0. The number of ether oxygens (including phenoxy) is 1. The van der Waals surface area contributed by atoms with Crippen molar-refractivity contribution in [1.82, 2.24) is 15.6 Å². The monoisotopic (exact) mass is 404 g/mol. The Morgan fingerprint density at radius 3 is 2.90 bits per heavy atom. The molecule has 1 fully saturated rings. The largest absolute Gasteiger partial charge is 0.441 e. The molecule has 0 radical (unpaired) electrons. The second-order valence-electron chi connectivity index (χ2n) is 7.42. The van der Waals surface area contributed by atoms with E-state index in [1.807, 2.05) is 49.4 Å². The van der Waals surface area contributed by atoms with Crippen LogP contribution in [0.15, 0.2) is 46.9 Å². The Bertz CT molecular complexity index is 1060. The Morgan fingerprint density at radius 2 is 2.10 bits per heavy atom. The van der Waals surface area contributed by atoms with Crippen molar-refractivity contribution >= 4 is 17.0 Å². The molecule has 2 atom stereocenters. The van der Waals surface area contributed by atoms with Crippen molar-refractivity contribution in [1.29, 1.82) is 5.26 Å². The minimum Gasteiger partial charge on any atom is -0.441 e. The molecule has 2 aromatic carbocycles. The van der Waals surface area contributed by atoms with Crippen LogP contribution in [0.4, 0.5) is 0 Å². The average Bonchev–Trinajstić information content (AvgIpc) is 2.94. The molecule has 1 amide bonds. The van der Waals surface area contributed by atoms with E-state index in [0.717, 1.165) is 40.8 Å². The zero-order chi connectivity index (χ0) is 20.9. The highest BCUT2D eigenvalue weighted by Crippen LogP contribution is 2.25. The van der Waals surface area contributed by atoms with Gasteiger partial charge in [-0.3, -0.25) is 4.79 Å². The Kier molecular flexibility index (Phi) is 6.07. The third-order valence-corrected chi connectivity index (χ3v) is 5.13. The van der Waals surface area contributed by atoms with Gasteiger partial charge >= 0.3 is 0 Å². The fourth-order valence-electron chi connectivity index (χ4n) is 3.57. The van der Waals surface area contributed by atoms with Crippen molar-refractivity contribution in [3.63, 3.8) is 0 Å². The van der Waals surface area contributed by atoms with E-state index in [0.29, 0.717) is 25.5 Å². The smallest absolute Gasteiger partial charge is 0.251 e. The maximum absolute atomic E-state index is 12.4. The maximum Gasteiger partial charge on any atom is 0.251 e. The lowest BCUT2D eigenvalue weighted by molar-refractivity contribution is -0.132. The molecule has 7 heteroatoms. The van der Waals surface area contributed by atoms with E-state index in [1.165, 1.54) is 0 Å². The van der Waals surface area contributed by atoms with Crippen LogP contribution in [0.1, 0.15) is 17.9 Å². The zero-order valence-electron chi connectivity index (χ0n) is 16.9. The van der Waals surface area contributed by atoms with E-state index < -0.39 is 12.1 Å². The van der Waals surface area contributed by atoms with Crippen LogP contribution in [0.2, 0.25) is 0 Å². The molecule has 2 heterocycles. The minimum atomic E-state index is -0.607. The maximum atomic E-state index is 12.4. The summed E-state index contributed by atoms with van der Waals surface area (Å²) in [7, 11) is 0. The lowest BCUT2D eigenvalue weighted by atomic mass is 10.0. The van der Waals surface area contributed by atoms with Crippen LogP contribution in [0.25, 0.3) is 22.2 Å². The summed E-state index contributed by atoms with van der Waals surface area (Å²) in [6, 6.07) is 15.5. The predicted octanol–water partition coefficient (Wildman–Crippen LogP) is 2.73. The van der Waals surface area contributed by atoms with Crippen molar-refractivity contribution in [3.8, 4) is 17.2 Å². The van der Waals surface area contributed by atoms with Crippen LogP contribution >= 0.6 is 0 Å². The Morgan fingerprint density at radius 1 is 1.30 bits per heavy atom. The molecule has 0 unspecified atom stereocenters. The van der Waals surface area contributed by atoms with E-state index >= 15 is 0 Å². The van der Waals surface area contributed by atoms with Gasteiger partial charge in [0.2, 0.25) is 0 Å². The van der Waals surface area contributed by atoms with Gasteiger partial charge in [0, 0.05) is 26.5 Å². The molecule has 0 spiro atoms. The minimum absolute atomic E-state index is 0.247. The number of hydrogen-bond acceptors (Lipinski definition) is 6. The number of rotatable bonds is 5. The number of oxazole rings is 1. The van der Waals surface area contributed by atoms with Gasteiger partial charge in [0.1, 0.15) is 17.7 Å². The molecular weight excluding hydrogens is 380 g/mol. The molecule has 0 aliphatic carbocycles. The third-order valence-electron chi connectivity index (χ3n) is 5.13. The second-order valence-corrected chi connectivity index (χ2v) is 7.42. The molecule has 3 aromatic rings. The van der Waals surface area contributed by atoms with E-state index in [-0.39, 0.29) is 5.91 Å². The summed E-state index contributed by atoms with van der Waals surface area (Å²) in [6.07, 6.45) is 0.756. The van der Waals surface area contributed by atoms with E-state index in [9.17, 15) is 10.1 Å². The molecular formula is C23H24N4O3. The third kappa shape index (κ3) is 4.67. The lowest BCUT2D eigenvalue weighted by Gasteiger charge is -2.18. The molecule has 30 heavy (non-hydrogen) atoms. The molecule has 0 bridgehead atoms. The van der Waals surface area contributed by atoms with E-state index in [2.05, 4.69) is 21.7 Å². The summed E-state index contributed by atoms with van der Waals surface area (Å²) in [4.78, 5) is 16.8. The molecule has 2 N–H and O–H groups in total. The number of aromatic nitrogens is 1. The first-order chi connectivity index (χ1) is 14.6. The number of aryl methyl sites for hydroxylation is 1. The number of nitrogens with zero attached hydrogens (tertiary/aromatic N) is 2. The van der Waals surface area contributed by atoms with Crippen LogP contribution in [0.5, 0.6) is 0 Å². The van der Waals surface area contributed by atoms with Crippen LogP contribution in [0.3, 0.4) is 0 Å². The van der Waals surface area contributed by atoms with Crippen molar-refractivity contribution in [2.45, 2.75) is 31.9 Å². The molecule has 0 saturated carbocycles. The van der Waals surface area contributed by atoms with Crippen molar-refractivity contribution in [2.75, 3.05) is 19.7 Å². The number of hydrogen-bond donors (Lipinski definition) is 2. The van der Waals surface area contributed by atoms with Gasteiger partial charge in [-0.2, -0.15) is 5.26 Å². The number of nitriles is 1.